The van der Waals surface area contributed by atoms with Gasteiger partial charge in [0.2, 0.25) is 5.91 Å². The molecule has 18 heavy (non-hydrogen) atoms. The average Bonchev–Trinajstić information content (AvgIpc) is 2.78. The van der Waals surface area contributed by atoms with Crippen LogP contribution in [0.25, 0.3) is 0 Å². The van der Waals surface area contributed by atoms with Crippen molar-refractivity contribution in [3.63, 3.8) is 0 Å². The van der Waals surface area contributed by atoms with Crippen molar-refractivity contribution in [1.29, 1.82) is 0 Å². The van der Waals surface area contributed by atoms with Crippen molar-refractivity contribution in [3.8, 4) is 0 Å². The topological polar surface area (TPSA) is 71.5 Å². The maximum atomic E-state index is 11.4. The van der Waals surface area contributed by atoms with Gasteiger partial charge in [0.15, 0.2) is 10.8 Å². The lowest BCUT2D eigenvalue weighted by Gasteiger charge is -2.09. The van der Waals surface area contributed by atoms with E-state index in [2.05, 4.69) is 10.3 Å². The van der Waals surface area contributed by atoms with E-state index in [1.54, 1.807) is 26.4 Å². The van der Waals surface area contributed by atoms with Gasteiger partial charge >= 0.3 is 5.97 Å². The second-order valence-corrected chi connectivity index (χ2v) is 4.58. The quantitative estimate of drug-likeness (QED) is 0.787. The first kappa shape index (κ1) is 14.4. The summed E-state index contributed by atoms with van der Waals surface area (Å²) in [5.74, 6) is -0.379. The molecule has 0 spiro atoms. The summed E-state index contributed by atoms with van der Waals surface area (Å²) in [7, 11) is 3.43. The second kappa shape index (κ2) is 6.95. The predicted molar refractivity (Wildman–Crippen MR) is 69.9 cm³/mol. The van der Waals surface area contributed by atoms with Crippen LogP contribution in [0.4, 0.5) is 5.13 Å². The molecule has 0 aromatic carbocycles. The van der Waals surface area contributed by atoms with Crippen molar-refractivity contribution in [3.05, 3.63) is 11.1 Å². The Hall–Kier alpha value is -1.63. The van der Waals surface area contributed by atoms with Crippen molar-refractivity contribution in [2.75, 3.05) is 32.6 Å². The van der Waals surface area contributed by atoms with Crippen LogP contribution in [0.15, 0.2) is 5.38 Å². The molecule has 0 saturated carbocycles. The summed E-state index contributed by atoms with van der Waals surface area (Å²) in [6.07, 6.45) is 0.390. The van der Waals surface area contributed by atoms with E-state index >= 15 is 0 Å². The summed E-state index contributed by atoms with van der Waals surface area (Å²) < 4.78 is 4.83. The van der Waals surface area contributed by atoms with Gasteiger partial charge in [-0.2, -0.15) is 0 Å². The van der Waals surface area contributed by atoms with Crippen LogP contribution in [0.2, 0.25) is 0 Å². The fourth-order valence-electron chi connectivity index (χ4n) is 1.15. The third-order valence-electron chi connectivity index (χ3n) is 2.10. The molecule has 1 aromatic rings. The Morgan fingerprint density at radius 2 is 2.22 bits per heavy atom. The number of nitrogens with one attached hydrogen (secondary N) is 1. The number of anilines is 1. The Morgan fingerprint density at radius 3 is 2.83 bits per heavy atom. The summed E-state index contributed by atoms with van der Waals surface area (Å²) in [5.41, 5.74) is 0.295. The Balaban J connectivity index is 2.40. The van der Waals surface area contributed by atoms with E-state index in [0.717, 1.165) is 0 Å². The Bertz CT molecular complexity index is 417. The monoisotopic (exact) mass is 271 g/mol. The Labute approximate surface area is 110 Å². The molecule has 6 nitrogen and oxygen atoms in total. The lowest BCUT2D eigenvalue weighted by Crippen LogP contribution is -2.23. The zero-order valence-electron chi connectivity index (χ0n) is 10.7. The molecule has 1 rings (SSSR count). The van der Waals surface area contributed by atoms with Crippen molar-refractivity contribution >= 4 is 28.3 Å². The number of nitrogens with zero attached hydrogens (tertiary/aromatic N) is 2. The average molecular weight is 271 g/mol. The molecule has 0 fully saturated rings. The van der Waals surface area contributed by atoms with Gasteiger partial charge < -0.3 is 15.0 Å². The molecule has 0 atom stereocenters. The molecule has 0 unspecified atom stereocenters. The first-order valence-electron chi connectivity index (χ1n) is 5.61. The van der Waals surface area contributed by atoms with Crippen molar-refractivity contribution < 1.29 is 14.3 Å². The smallest absolute Gasteiger partial charge is 0.357 e. The van der Waals surface area contributed by atoms with Gasteiger partial charge in [-0.25, -0.2) is 9.78 Å². The zero-order chi connectivity index (χ0) is 13.5. The normalized spacial score (nSPS) is 9.94. The number of carbonyl (C=O) groups is 2. The number of amides is 1. The van der Waals surface area contributed by atoms with Crippen LogP contribution in [-0.4, -0.2) is 49.0 Å². The number of ether oxygens (including phenoxy) is 1. The number of esters is 1. The summed E-state index contributed by atoms with van der Waals surface area (Å²) in [6.45, 7) is 2.57. The van der Waals surface area contributed by atoms with E-state index in [-0.39, 0.29) is 5.91 Å². The van der Waals surface area contributed by atoms with Gasteiger partial charge in [0, 0.05) is 32.4 Å². The third kappa shape index (κ3) is 4.33. The lowest BCUT2D eigenvalue weighted by atomic mass is 10.4. The Kier molecular flexibility index (Phi) is 5.57. The first-order chi connectivity index (χ1) is 8.54. The minimum Gasteiger partial charge on any atom is -0.461 e. The molecule has 0 radical (unpaired) electrons. The highest BCUT2D eigenvalue weighted by Crippen LogP contribution is 2.15. The number of carbonyl (C=O) groups excluding carboxylic acids is 2. The largest absolute Gasteiger partial charge is 0.461 e. The maximum Gasteiger partial charge on any atom is 0.357 e. The second-order valence-electron chi connectivity index (χ2n) is 3.72. The van der Waals surface area contributed by atoms with E-state index in [4.69, 9.17) is 4.74 Å². The highest BCUT2D eigenvalue weighted by atomic mass is 32.1. The highest BCUT2D eigenvalue weighted by Gasteiger charge is 2.11. The number of rotatable bonds is 6. The van der Waals surface area contributed by atoms with Crippen LogP contribution in [0, 0.1) is 0 Å². The van der Waals surface area contributed by atoms with Crippen LogP contribution in [0.3, 0.4) is 0 Å². The third-order valence-corrected chi connectivity index (χ3v) is 2.90. The maximum absolute atomic E-state index is 11.4. The van der Waals surface area contributed by atoms with Crippen molar-refractivity contribution in [2.45, 2.75) is 13.3 Å². The van der Waals surface area contributed by atoms with Crippen LogP contribution < -0.4 is 5.32 Å². The van der Waals surface area contributed by atoms with Crippen molar-refractivity contribution in [2.24, 2.45) is 0 Å². The van der Waals surface area contributed by atoms with Gasteiger partial charge in [-0.3, -0.25) is 4.79 Å². The number of aromatic nitrogens is 1. The van der Waals surface area contributed by atoms with Crippen LogP contribution in [0.1, 0.15) is 23.8 Å². The predicted octanol–water partition coefficient (Wildman–Crippen LogP) is 1.21. The zero-order valence-corrected chi connectivity index (χ0v) is 11.5. The minimum absolute atomic E-state index is 0.0460. The molecule has 0 aliphatic carbocycles. The van der Waals surface area contributed by atoms with Gasteiger partial charge in [-0.05, 0) is 6.92 Å². The molecule has 1 heterocycles. The minimum atomic E-state index is -0.425. The molecule has 0 aliphatic rings. The summed E-state index contributed by atoms with van der Waals surface area (Å²) in [6, 6.07) is 0. The first-order valence-corrected chi connectivity index (χ1v) is 6.49. The van der Waals surface area contributed by atoms with Gasteiger partial charge in [0.05, 0.1) is 6.61 Å². The number of thiazole rings is 1. The molecular weight excluding hydrogens is 254 g/mol. The molecule has 0 bridgehead atoms. The van der Waals surface area contributed by atoms with Crippen molar-refractivity contribution in [1.82, 2.24) is 9.88 Å². The molecule has 7 heteroatoms. The molecule has 1 N–H and O–H groups in total. The summed E-state index contributed by atoms with van der Waals surface area (Å²) in [4.78, 5) is 28.3. The molecule has 0 aliphatic heterocycles. The van der Waals surface area contributed by atoms with E-state index < -0.39 is 5.97 Å². The molecule has 0 saturated heterocycles. The molecular formula is C11H17N3O3S. The highest BCUT2D eigenvalue weighted by molar-refractivity contribution is 7.13. The Morgan fingerprint density at radius 1 is 1.50 bits per heavy atom. The summed E-state index contributed by atoms with van der Waals surface area (Å²) in [5, 5.41) is 5.25. The van der Waals surface area contributed by atoms with E-state index in [0.29, 0.717) is 30.4 Å². The molecule has 1 amide bonds. The van der Waals surface area contributed by atoms with Gasteiger partial charge in [0.1, 0.15) is 0 Å². The van der Waals surface area contributed by atoms with E-state index in [9.17, 15) is 9.59 Å². The fraction of sp³-hybridized carbons (Fsp3) is 0.545. The van der Waals surface area contributed by atoms with Crippen LogP contribution >= 0.6 is 11.3 Å². The molecule has 1 aromatic heterocycles. The summed E-state index contributed by atoms with van der Waals surface area (Å²) >= 11 is 1.32. The molecule has 100 valence electrons. The number of hydrogen-bond donors (Lipinski definition) is 1. The van der Waals surface area contributed by atoms with Gasteiger partial charge in [-0.1, -0.05) is 0 Å². The van der Waals surface area contributed by atoms with Gasteiger partial charge in [0.25, 0.3) is 0 Å². The fourth-order valence-corrected chi connectivity index (χ4v) is 1.86. The number of hydrogen-bond acceptors (Lipinski definition) is 6. The lowest BCUT2D eigenvalue weighted by molar-refractivity contribution is -0.128. The standard InChI is InChI=1S/C11H17N3O3S/c1-4-17-10(16)8-7-18-11(13-8)12-6-5-9(15)14(2)3/h7H,4-6H2,1-3H3,(H,12,13). The SMILES string of the molecule is CCOC(=O)c1csc(NCCC(=O)N(C)C)n1. The van der Waals surface area contributed by atoms with Crippen LogP contribution in [0.5, 0.6) is 0 Å². The van der Waals surface area contributed by atoms with E-state index in [1.165, 1.54) is 16.2 Å². The van der Waals surface area contributed by atoms with Crippen LogP contribution in [-0.2, 0) is 9.53 Å². The van der Waals surface area contributed by atoms with Gasteiger partial charge in [-0.15, -0.1) is 11.3 Å². The van der Waals surface area contributed by atoms with E-state index in [1.807, 2.05) is 0 Å².